The van der Waals surface area contributed by atoms with Gasteiger partial charge >= 0.3 is 0 Å². The van der Waals surface area contributed by atoms with Gasteiger partial charge in [-0.1, -0.05) is 87.1 Å². The van der Waals surface area contributed by atoms with Crippen LogP contribution in [0.3, 0.4) is 0 Å². The minimum atomic E-state index is -1.35. The molecule has 1 unspecified atom stereocenters. The average molecular weight is 948 g/mol. The summed E-state index contributed by atoms with van der Waals surface area (Å²) < 4.78 is 8.78. The second-order valence-corrected chi connectivity index (χ2v) is 21.7. The van der Waals surface area contributed by atoms with E-state index in [1.54, 1.807) is 0 Å². The maximum Gasteiger partial charge on any atom is 0.142 e. The van der Waals surface area contributed by atoms with Crippen molar-refractivity contribution in [3.8, 4) is 28.3 Å². The molecule has 5 heterocycles. The van der Waals surface area contributed by atoms with Crippen molar-refractivity contribution in [1.82, 2.24) is 24.5 Å². The van der Waals surface area contributed by atoms with Gasteiger partial charge in [-0.15, -0.1) is 53.6 Å². The van der Waals surface area contributed by atoms with Crippen LogP contribution >= 0.6 is 0 Å². The monoisotopic (exact) mass is 948 g/mol. The molecule has 0 N–H and O–H groups in total. The number of nitrogens with zero attached hydrogens (tertiary/aromatic N) is 5. The Kier molecular flexibility index (Phi) is 12.2. The molecule has 6 nitrogen and oxygen atoms in total. The van der Waals surface area contributed by atoms with Crippen LogP contribution in [0.4, 0.5) is 0 Å². The van der Waals surface area contributed by atoms with E-state index in [1.165, 1.54) is 33.9 Å². The van der Waals surface area contributed by atoms with Crippen molar-refractivity contribution in [3.05, 3.63) is 130 Å². The first-order chi connectivity index (χ1) is 26.6. The van der Waals surface area contributed by atoms with Gasteiger partial charge in [-0.25, -0.2) is 0 Å². The van der Waals surface area contributed by atoms with Gasteiger partial charge in [0.15, 0.2) is 0 Å². The summed E-state index contributed by atoms with van der Waals surface area (Å²) in [7, 11) is -1.35. The van der Waals surface area contributed by atoms with Crippen LogP contribution in [-0.4, -0.2) is 32.6 Å². The predicted molar refractivity (Wildman–Crippen MR) is 236 cm³/mol. The molecule has 295 valence electrons. The standard InChI is InChI=1S/C30H27N4O.C19H26NSi.Ir/c1-15-10-17(3)27(18(4)11-15)34-25-13-19(5)31-14-24(25)33-30(34)22-9-8-16(2)26-23-12-20(6)32-21(7)28(23)35-29(22)26;1-6-15(2)12-17-13-18(16-10-8-7-9-11-16)20-14-19(17)21(3,4)5;/h8,10-14H,1-7H3;7-10,13-15H,6,12H2,1-5H3;/q2*-1;. The molecule has 0 bridgehead atoms. The maximum atomic E-state index is 6.53. The van der Waals surface area contributed by atoms with Crippen LogP contribution in [0.25, 0.3) is 61.3 Å². The Labute approximate surface area is 352 Å². The van der Waals surface area contributed by atoms with E-state index >= 15 is 0 Å². The summed E-state index contributed by atoms with van der Waals surface area (Å²) in [5.41, 5.74) is 16.6. The molecule has 0 saturated heterocycles. The quantitative estimate of drug-likeness (QED) is 0.118. The van der Waals surface area contributed by atoms with E-state index in [0.717, 1.165) is 96.3 Å². The third-order valence-electron chi connectivity index (χ3n) is 10.8. The molecular weight excluding hydrogens is 895 g/mol. The molecule has 0 saturated carbocycles. The van der Waals surface area contributed by atoms with Gasteiger partial charge in [0.05, 0.1) is 42.4 Å². The molecule has 1 radical (unpaired) electrons. The molecule has 0 aliphatic rings. The normalized spacial score (nSPS) is 12.1. The minimum absolute atomic E-state index is 0. The summed E-state index contributed by atoms with van der Waals surface area (Å²) in [4.78, 5) is 19.0. The van der Waals surface area contributed by atoms with Gasteiger partial charge in [-0.05, 0) is 88.0 Å². The van der Waals surface area contributed by atoms with Gasteiger partial charge in [-0.3, -0.25) is 15.0 Å². The van der Waals surface area contributed by atoms with Crippen molar-refractivity contribution in [2.24, 2.45) is 5.92 Å². The third kappa shape index (κ3) is 8.32. The van der Waals surface area contributed by atoms with E-state index in [1.807, 2.05) is 51.2 Å². The number of imidazole rings is 1. The second kappa shape index (κ2) is 16.6. The fourth-order valence-corrected chi connectivity index (χ4v) is 9.61. The molecule has 0 spiro atoms. The summed E-state index contributed by atoms with van der Waals surface area (Å²) in [5, 5.41) is 3.68. The van der Waals surface area contributed by atoms with Crippen LogP contribution in [-0.2, 0) is 26.5 Å². The fraction of sp³-hybridized carbons (Fsp3) is 0.306. The van der Waals surface area contributed by atoms with Crippen LogP contribution in [0.15, 0.2) is 77.5 Å². The zero-order chi connectivity index (χ0) is 40.1. The number of rotatable bonds is 7. The van der Waals surface area contributed by atoms with Gasteiger partial charge in [0.2, 0.25) is 0 Å². The fourth-order valence-electron chi connectivity index (χ4n) is 8.02. The topological polar surface area (TPSA) is 69.6 Å². The Morgan fingerprint density at radius 3 is 2.21 bits per heavy atom. The Bertz CT molecular complexity index is 2720. The van der Waals surface area contributed by atoms with Crippen molar-refractivity contribution in [3.63, 3.8) is 0 Å². The molecule has 8 heteroatoms. The summed E-state index contributed by atoms with van der Waals surface area (Å²) in [6.45, 7) is 26.4. The number of aryl methyl sites for hydroxylation is 7. The molecule has 0 amide bonds. The Morgan fingerprint density at radius 2 is 1.54 bits per heavy atom. The van der Waals surface area contributed by atoms with E-state index in [4.69, 9.17) is 14.4 Å². The van der Waals surface area contributed by atoms with Gasteiger partial charge < -0.3 is 14.0 Å². The number of furan rings is 1. The van der Waals surface area contributed by atoms with Gasteiger partial charge in [0, 0.05) is 48.8 Å². The van der Waals surface area contributed by atoms with Crippen molar-refractivity contribution < 1.29 is 24.5 Å². The van der Waals surface area contributed by atoms with Crippen molar-refractivity contribution >= 4 is 46.2 Å². The van der Waals surface area contributed by atoms with E-state index < -0.39 is 8.07 Å². The average Bonchev–Trinajstić information content (AvgIpc) is 3.71. The van der Waals surface area contributed by atoms with E-state index in [-0.39, 0.29) is 20.1 Å². The van der Waals surface area contributed by atoms with E-state index in [9.17, 15) is 0 Å². The first-order valence-electron chi connectivity index (χ1n) is 19.8. The molecule has 8 rings (SSSR count). The number of fused-ring (bicyclic) bond motifs is 4. The van der Waals surface area contributed by atoms with Crippen molar-refractivity contribution in [2.75, 3.05) is 0 Å². The SMILES string of the molecule is CCC(C)Cc1cc(-c2[c-]cccc2)ncc1[Si](C)(C)C.Cc1cc(C)c(-n2c(-c3[c-]cc(C)c4c3oc3c(C)nc(C)cc34)nc3cnc(C)cc32)c(C)c1.[Ir]. The Hall–Kier alpha value is -4.75. The summed E-state index contributed by atoms with van der Waals surface area (Å²) in [6, 6.07) is 27.9. The molecule has 3 aromatic carbocycles. The van der Waals surface area contributed by atoms with Gasteiger partial charge in [0.1, 0.15) is 5.58 Å². The molecule has 0 aliphatic carbocycles. The van der Waals surface area contributed by atoms with Crippen LogP contribution < -0.4 is 5.19 Å². The van der Waals surface area contributed by atoms with Crippen LogP contribution in [0.2, 0.25) is 19.6 Å². The Morgan fingerprint density at radius 1 is 0.807 bits per heavy atom. The van der Waals surface area contributed by atoms with Crippen LogP contribution in [0.5, 0.6) is 0 Å². The molecule has 0 fully saturated rings. The molecule has 5 aromatic heterocycles. The smallest absolute Gasteiger partial charge is 0.142 e. The van der Waals surface area contributed by atoms with Crippen molar-refractivity contribution in [2.45, 2.75) is 94.8 Å². The van der Waals surface area contributed by atoms with Crippen molar-refractivity contribution in [1.29, 1.82) is 0 Å². The van der Waals surface area contributed by atoms with E-state index in [0.29, 0.717) is 0 Å². The number of pyridine rings is 3. The Balaban J connectivity index is 0.000000215. The van der Waals surface area contributed by atoms with Crippen LogP contribution in [0, 0.1) is 66.5 Å². The number of benzene rings is 3. The number of hydrogen-bond donors (Lipinski definition) is 0. The van der Waals surface area contributed by atoms with E-state index in [2.05, 4.69) is 130 Å². The van der Waals surface area contributed by atoms with Gasteiger partial charge in [-0.2, -0.15) is 0 Å². The first kappa shape index (κ1) is 41.9. The zero-order valence-electron chi connectivity index (χ0n) is 35.4. The molecule has 0 aliphatic heterocycles. The number of hydrogen-bond acceptors (Lipinski definition) is 5. The second-order valence-electron chi connectivity index (χ2n) is 16.7. The molecule has 57 heavy (non-hydrogen) atoms. The third-order valence-corrected chi connectivity index (χ3v) is 12.9. The molecule has 8 aromatic rings. The number of aromatic nitrogens is 5. The molecular formula is C49H53IrN5OSi-2. The maximum absolute atomic E-state index is 6.53. The summed E-state index contributed by atoms with van der Waals surface area (Å²) >= 11 is 0. The predicted octanol–water partition coefficient (Wildman–Crippen LogP) is 12.0. The summed E-state index contributed by atoms with van der Waals surface area (Å²) in [5.74, 6) is 1.52. The summed E-state index contributed by atoms with van der Waals surface area (Å²) in [6.07, 6.45) is 6.35. The van der Waals surface area contributed by atoms with Gasteiger partial charge in [0.25, 0.3) is 0 Å². The first-order valence-corrected chi connectivity index (χ1v) is 23.3. The largest absolute Gasteiger partial charge is 0.499 e. The van der Waals surface area contributed by atoms with Crippen LogP contribution in [0.1, 0.15) is 65.2 Å². The zero-order valence-corrected chi connectivity index (χ0v) is 38.8. The molecule has 1 atom stereocenters. The minimum Gasteiger partial charge on any atom is -0.499 e.